The molecule has 0 spiro atoms. The Morgan fingerprint density at radius 1 is 1.30 bits per heavy atom. The molecule has 1 N–H and O–H groups in total. The fourth-order valence-corrected chi connectivity index (χ4v) is 3.51. The van der Waals surface area contributed by atoms with E-state index in [1.807, 2.05) is 39.8 Å². The molecule has 2 rings (SSSR count). The quantitative estimate of drug-likeness (QED) is 0.621. The van der Waals surface area contributed by atoms with Crippen molar-refractivity contribution in [3.63, 3.8) is 0 Å². The van der Waals surface area contributed by atoms with Crippen molar-refractivity contribution in [2.75, 3.05) is 20.6 Å². The van der Waals surface area contributed by atoms with Crippen LogP contribution in [0.25, 0.3) is 0 Å². The number of Topliss-reactive ketones (excluding diaryl/α,β-unsaturated/α-hetero) is 2. The summed E-state index contributed by atoms with van der Waals surface area (Å²) in [6.07, 6.45) is 3.24. The molecule has 0 saturated heterocycles. The van der Waals surface area contributed by atoms with Crippen LogP contribution in [0.2, 0.25) is 0 Å². The zero-order chi connectivity index (χ0) is 18.0. The summed E-state index contributed by atoms with van der Waals surface area (Å²) in [6, 6.07) is 0. The van der Waals surface area contributed by atoms with E-state index in [-0.39, 0.29) is 28.3 Å². The lowest BCUT2D eigenvalue weighted by Crippen LogP contribution is -2.33. The van der Waals surface area contributed by atoms with E-state index in [4.69, 9.17) is 5.11 Å². The molecule has 5 heteroatoms. The van der Waals surface area contributed by atoms with Gasteiger partial charge in [-0.3, -0.25) is 9.59 Å². The molecule has 0 aliphatic heterocycles. The molecule has 0 aromatic rings. The van der Waals surface area contributed by atoms with Gasteiger partial charge in [0.25, 0.3) is 0 Å². The number of rotatable bonds is 5. The highest BCUT2D eigenvalue weighted by Crippen LogP contribution is 2.61. The fourth-order valence-electron chi connectivity index (χ4n) is 3.51. The third kappa shape index (κ3) is 3.71. The van der Waals surface area contributed by atoms with E-state index < -0.39 is 5.97 Å². The van der Waals surface area contributed by atoms with Crippen LogP contribution >= 0.6 is 0 Å². The van der Waals surface area contributed by atoms with Gasteiger partial charge in [-0.15, -0.1) is 0 Å². The summed E-state index contributed by atoms with van der Waals surface area (Å²) in [5, 5.41) is 8.43. The van der Waals surface area contributed by atoms with Gasteiger partial charge in [-0.05, 0) is 51.7 Å². The van der Waals surface area contributed by atoms with Gasteiger partial charge in [0.05, 0.1) is 0 Å². The van der Waals surface area contributed by atoms with Crippen molar-refractivity contribution in [2.45, 2.75) is 46.5 Å². The van der Waals surface area contributed by atoms with Crippen molar-refractivity contribution in [1.82, 2.24) is 4.90 Å². The Morgan fingerprint density at radius 2 is 1.87 bits per heavy atom. The average molecular weight is 323 g/mol. The van der Waals surface area contributed by atoms with Gasteiger partial charge in [-0.2, -0.15) is 0 Å². The van der Waals surface area contributed by atoms with E-state index in [0.29, 0.717) is 12.0 Å². The van der Waals surface area contributed by atoms with Crippen LogP contribution in [0, 0.1) is 16.7 Å². The number of hydrogen-bond acceptors (Lipinski definition) is 4. The van der Waals surface area contributed by atoms with Gasteiger partial charge in [0.15, 0.2) is 0 Å². The van der Waals surface area contributed by atoms with Gasteiger partial charge < -0.3 is 10.0 Å². The molecule has 130 valence electrons. The standard InChI is InChI=1S/C10H14O2.C8H15NO2/c1-9(2)6-4-5-10(9,3)8(12)7(6)11;1-7(8(10)11)5-4-6-9(2)3/h6H,4-5H2,1-3H3;1,4-6H2,2-3H3,(H,10,11). The Hall–Kier alpha value is -1.49. The van der Waals surface area contributed by atoms with Crippen LogP contribution in [-0.2, 0) is 14.4 Å². The van der Waals surface area contributed by atoms with Gasteiger partial charge in [-0.25, -0.2) is 4.79 Å². The van der Waals surface area contributed by atoms with Crippen molar-refractivity contribution in [3.8, 4) is 0 Å². The zero-order valence-electron chi connectivity index (χ0n) is 14.9. The van der Waals surface area contributed by atoms with Crippen LogP contribution in [0.15, 0.2) is 12.2 Å². The Bertz CT molecular complexity index is 521. The summed E-state index contributed by atoms with van der Waals surface area (Å²) in [5.74, 6) is -1.11. The predicted octanol–water partition coefficient (Wildman–Crippen LogP) is 2.55. The maximum atomic E-state index is 11.6. The van der Waals surface area contributed by atoms with Crippen LogP contribution < -0.4 is 0 Å². The molecule has 2 aliphatic rings. The summed E-state index contributed by atoms with van der Waals surface area (Å²) < 4.78 is 0. The van der Waals surface area contributed by atoms with Crippen molar-refractivity contribution in [1.29, 1.82) is 0 Å². The van der Waals surface area contributed by atoms with Crippen molar-refractivity contribution < 1.29 is 19.5 Å². The molecule has 5 nitrogen and oxygen atoms in total. The van der Waals surface area contributed by atoms with Gasteiger partial charge in [-0.1, -0.05) is 27.4 Å². The SMILES string of the molecule is C=C(CCCN(C)C)C(=O)O.CC12CCC(C(=O)C1=O)C2(C)C. The van der Waals surface area contributed by atoms with Gasteiger partial charge in [0.2, 0.25) is 11.6 Å². The van der Waals surface area contributed by atoms with Crippen LogP contribution in [0.1, 0.15) is 46.5 Å². The van der Waals surface area contributed by atoms with Gasteiger partial charge in [0.1, 0.15) is 0 Å². The molecule has 2 atom stereocenters. The van der Waals surface area contributed by atoms with Crippen molar-refractivity contribution >= 4 is 17.5 Å². The van der Waals surface area contributed by atoms with Crippen molar-refractivity contribution in [3.05, 3.63) is 12.2 Å². The fraction of sp³-hybridized carbons (Fsp3) is 0.722. The molecule has 2 saturated carbocycles. The summed E-state index contributed by atoms with van der Waals surface area (Å²) in [5.41, 5.74) is -0.150. The third-order valence-electron chi connectivity index (χ3n) is 5.65. The Morgan fingerprint density at radius 3 is 2.17 bits per heavy atom. The number of carbonyl (C=O) groups is 3. The second-order valence-electron chi connectivity index (χ2n) is 7.65. The highest BCUT2D eigenvalue weighted by atomic mass is 16.4. The molecule has 23 heavy (non-hydrogen) atoms. The van der Waals surface area contributed by atoms with Gasteiger partial charge in [0, 0.05) is 16.9 Å². The topological polar surface area (TPSA) is 74.7 Å². The normalized spacial score (nSPS) is 27.8. The monoisotopic (exact) mass is 323 g/mol. The second-order valence-corrected chi connectivity index (χ2v) is 7.65. The first-order chi connectivity index (χ1) is 10.4. The number of carbonyl (C=O) groups excluding carboxylic acids is 2. The maximum absolute atomic E-state index is 11.6. The first-order valence-electron chi connectivity index (χ1n) is 8.09. The highest BCUT2D eigenvalue weighted by molar-refractivity contribution is 6.43. The maximum Gasteiger partial charge on any atom is 0.330 e. The van der Waals surface area contributed by atoms with E-state index in [0.717, 1.165) is 25.8 Å². The van der Waals surface area contributed by atoms with E-state index in [1.54, 1.807) is 0 Å². The van der Waals surface area contributed by atoms with E-state index in [9.17, 15) is 14.4 Å². The minimum atomic E-state index is -0.885. The summed E-state index contributed by atoms with van der Waals surface area (Å²) in [4.78, 5) is 35.3. The molecule has 0 aromatic carbocycles. The van der Waals surface area contributed by atoms with E-state index >= 15 is 0 Å². The number of carboxylic acid groups (broad SMARTS) is 1. The summed E-state index contributed by atoms with van der Waals surface area (Å²) in [6.45, 7) is 10.4. The van der Waals surface area contributed by atoms with Crippen LogP contribution in [-0.4, -0.2) is 48.2 Å². The largest absolute Gasteiger partial charge is 0.478 e. The van der Waals surface area contributed by atoms with Crippen LogP contribution in [0.3, 0.4) is 0 Å². The molecular weight excluding hydrogens is 294 g/mol. The summed E-state index contributed by atoms with van der Waals surface area (Å²) >= 11 is 0. The number of carboxylic acids is 1. The van der Waals surface area contributed by atoms with Gasteiger partial charge >= 0.3 is 5.97 Å². The lowest BCUT2D eigenvalue weighted by Gasteiger charge is -2.31. The minimum absolute atomic E-state index is 0.00926. The Labute approximate surface area is 138 Å². The molecule has 0 heterocycles. The number of aliphatic carboxylic acids is 1. The number of nitrogens with zero attached hydrogens (tertiary/aromatic N) is 1. The first-order valence-corrected chi connectivity index (χ1v) is 8.09. The molecule has 2 aliphatic carbocycles. The van der Waals surface area contributed by atoms with E-state index in [2.05, 4.69) is 6.58 Å². The number of fused-ring (bicyclic) bond motifs is 2. The van der Waals surface area contributed by atoms with Crippen LogP contribution in [0.4, 0.5) is 0 Å². The molecule has 2 unspecified atom stereocenters. The lowest BCUT2D eigenvalue weighted by molar-refractivity contribution is -0.141. The molecular formula is C18H29NO4. The smallest absolute Gasteiger partial charge is 0.330 e. The van der Waals surface area contributed by atoms with Crippen molar-refractivity contribution in [2.24, 2.45) is 16.7 Å². The average Bonchev–Trinajstić information content (AvgIpc) is 2.74. The molecule has 0 aromatic heterocycles. The second kappa shape index (κ2) is 6.95. The number of ketones is 2. The third-order valence-corrected chi connectivity index (χ3v) is 5.65. The Kier molecular flexibility index (Phi) is 5.91. The Balaban J connectivity index is 0.000000232. The molecule has 0 radical (unpaired) electrons. The minimum Gasteiger partial charge on any atom is -0.478 e. The molecule has 2 fully saturated rings. The number of hydrogen-bond donors (Lipinski definition) is 1. The summed E-state index contributed by atoms with van der Waals surface area (Å²) in [7, 11) is 3.92. The van der Waals surface area contributed by atoms with Crippen LogP contribution in [0.5, 0.6) is 0 Å². The zero-order valence-corrected chi connectivity index (χ0v) is 14.9. The first kappa shape index (κ1) is 19.6. The molecule has 2 bridgehead atoms. The predicted molar refractivity (Wildman–Crippen MR) is 89.2 cm³/mol. The van der Waals surface area contributed by atoms with E-state index in [1.165, 1.54) is 0 Å². The lowest BCUT2D eigenvalue weighted by atomic mass is 9.70. The molecule has 0 amide bonds. The highest BCUT2D eigenvalue weighted by Gasteiger charge is 2.66.